The number of aromatic nitrogens is 2. The molecule has 1 aromatic heterocycles. The van der Waals surface area contributed by atoms with Crippen molar-refractivity contribution < 1.29 is 4.57 Å². The van der Waals surface area contributed by atoms with Crippen LogP contribution >= 0.6 is 0 Å². The molecule has 19 heavy (non-hydrogen) atoms. The summed E-state index contributed by atoms with van der Waals surface area (Å²) >= 11 is 0. The monoisotopic (exact) mass is 251 g/mol. The van der Waals surface area contributed by atoms with Gasteiger partial charge in [0.15, 0.2) is 11.0 Å². The first-order valence-corrected chi connectivity index (χ1v) is 6.92. The molecule has 0 saturated carbocycles. The van der Waals surface area contributed by atoms with Crippen LogP contribution < -0.4 is 4.57 Å². The van der Waals surface area contributed by atoms with Crippen LogP contribution in [0.15, 0.2) is 54.6 Å². The molecule has 1 N–H and O–H groups in total. The number of aromatic amines is 1. The van der Waals surface area contributed by atoms with Crippen LogP contribution in [0.1, 0.15) is 18.3 Å². The summed E-state index contributed by atoms with van der Waals surface area (Å²) in [6.07, 6.45) is 2.10. The van der Waals surface area contributed by atoms with Gasteiger partial charge in [0, 0.05) is 12.8 Å². The van der Waals surface area contributed by atoms with Gasteiger partial charge in [-0.15, -0.1) is 0 Å². The number of benzene rings is 2. The molecule has 0 saturated heterocycles. The highest BCUT2D eigenvalue weighted by Crippen LogP contribution is 2.10. The lowest BCUT2D eigenvalue weighted by atomic mass is 10.1. The summed E-state index contributed by atoms with van der Waals surface area (Å²) in [5, 5.41) is 0. The molecule has 0 aliphatic carbocycles. The number of fused-ring (bicyclic) bond motifs is 1. The molecule has 0 fully saturated rings. The first kappa shape index (κ1) is 12.0. The minimum absolute atomic E-state index is 1.02. The van der Waals surface area contributed by atoms with Crippen LogP contribution in [0.5, 0.6) is 0 Å². The Labute approximate surface area is 113 Å². The standard InChI is InChI=1S/C17H18N2/c1-2-17-18-15-10-6-7-11-16(15)19(17)13-12-14-8-4-3-5-9-14/h3-11H,2,12-13H2,1H3/p+1. The third-order valence-electron chi connectivity index (χ3n) is 3.60. The summed E-state index contributed by atoms with van der Waals surface area (Å²) in [6.45, 7) is 3.22. The van der Waals surface area contributed by atoms with E-state index in [9.17, 15) is 0 Å². The Morgan fingerprint density at radius 2 is 1.68 bits per heavy atom. The van der Waals surface area contributed by atoms with Gasteiger partial charge in [-0.25, -0.2) is 9.55 Å². The minimum Gasteiger partial charge on any atom is -0.241 e. The summed E-state index contributed by atoms with van der Waals surface area (Å²) in [4.78, 5) is 3.51. The summed E-state index contributed by atoms with van der Waals surface area (Å²) < 4.78 is 2.41. The van der Waals surface area contributed by atoms with E-state index in [0.29, 0.717) is 0 Å². The first-order valence-electron chi connectivity index (χ1n) is 6.92. The third kappa shape index (κ3) is 2.39. The topological polar surface area (TPSA) is 19.7 Å². The number of aryl methyl sites for hydroxylation is 3. The fourth-order valence-corrected chi connectivity index (χ4v) is 2.60. The Kier molecular flexibility index (Phi) is 3.32. The van der Waals surface area contributed by atoms with Crippen molar-refractivity contribution in [3.05, 3.63) is 66.0 Å². The van der Waals surface area contributed by atoms with E-state index in [1.165, 1.54) is 22.4 Å². The smallest absolute Gasteiger partial charge is 0.241 e. The van der Waals surface area contributed by atoms with E-state index in [1.807, 2.05) is 0 Å². The zero-order valence-electron chi connectivity index (χ0n) is 11.3. The summed E-state index contributed by atoms with van der Waals surface area (Å²) in [7, 11) is 0. The molecule has 0 radical (unpaired) electrons. The predicted molar refractivity (Wildman–Crippen MR) is 78.0 cm³/mol. The number of rotatable bonds is 4. The number of imidazole rings is 1. The molecule has 0 aliphatic rings. The number of hydrogen-bond donors (Lipinski definition) is 1. The maximum absolute atomic E-state index is 3.51. The van der Waals surface area contributed by atoms with E-state index >= 15 is 0 Å². The highest BCUT2D eigenvalue weighted by Gasteiger charge is 2.15. The lowest BCUT2D eigenvalue weighted by Gasteiger charge is -2.02. The van der Waals surface area contributed by atoms with Crippen molar-refractivity contribution in [2.75, 3.05) is 0 Å². The molecule has 3 aromatic rings. The Bertz CT molecular complexity index is 668. The van der Waals surface area contributed by atoms with Gasteiger partial charge in [-0.3, -0.25) is 0 Å². The Morgan fingerprint density at radius 1 is 0.947 bits per heavy atom. The average molecular weight is 251 g/mol. The molecule has 0 amide bonds. The second-order valence-corrected chi connectivity index (χ2v) is 4.83. The number of H-pyrrole nitrogens is 1. The van der Waals surface area contributed by atoms with Crippen LogP contribution in [0.25, 0.3) is 11.0 Å². The first-order chi connectivity index (χ1) is 9.38. The second-order valence-electron chi connectivity index (χ2n) is 4.83. The largest absolute Gasteiger partial charge is 0.254 e. The van der Waals surface area contributed by atoms with E-state index in [2.05, 4.69) is 71.1 Å². The Hall–Kier alpha value is -2.09. The van der Waals surface area contributed by atoms with Gasteiger partial charge in [-0.1, -0.05) is 49.4 Å². The highest BCUT2D eigenvalue weighted by atomic mass is 15.1. The number of hydrogen-bond acceptors (Lipinski definition) is 0. The van der Waals surface area contributed by atoms with Crippen molar-refractivity contribution in [3.8, 4) is 0 Å². The fraction of sp³-hybridized carbons (Fsp3) is 0.235. The normalized spacial score (nSPS) is 11.0. The van der Waals surface area contributed by atoms with E-state index in [4.69, 9.17) is 0 Å². The summed E-state index contributed by atoms with van der Waals surface area (Å²) in [5.74, 6) is 1.30. The van der Waals surface area contributed by atoms with E-state index in [1.54, 1.807) is 0 Å². The van der Waals surface area contributed by atoms with Gasteiger partial charge >= 0.3 is 0 Å². The van der Waals surface area contributed by atoms with E-state index in [-0.39, 0.29) is 0 Å². The van der Waals surface area contributed by atoms with Crippen molar-refractivity contribution in [1.29, 1.82) is 0 Å². The van der Waals surface area contributed by atoms with Crippen molar-refractivity contribution in [1.82, 2.24) is 4.98 Å². The quantitative estimate of drug-likeness (QED) is 0.687. The highest BCUT2D eigenvalue weighted by molar-refractivity contribution is 5.70. The van der Waals surface area contributed by atoms with Gasteiger partial charge in [0.05, 0.1) is 6.54 Å². The SMILES string of the molecule is CCc1[nH]c2ccccc2[n+]1CCc1ccccc1. The second kappa shape index (κ2) is 5.27. The van der Waals surface area contributed by atoms with Gasteiger partial charge in [0.2, 0.25) is 0 Å². The molecule has 3 rings (SSSR count). The lowest BCUT2D eigenvalue weighted by Crippen LogP contribution is -2.37. The molecule has 0 bridgehead atoms. The maximum Gasteiger partial charge on any atom is 0.254 e. The van der Waals surface area contributed by atoms with Gasteiger partial charge in [-0.2, -0.15) is 0 Å². The molecular formula is C17H19N2+. The number of nitrogens with one attached hydrogen (secondary N) is 1. The lowest BCUT2D eigenvalue weighted by molar-refractivity contribution is -0.678. The van der Waals surface area contributed by atoms with Crippen molar-refractivity contribution in [3.63, 3.8) is 0 Å². The molecule has 1 heterocycles. The van der Waals surface area contributed by atoms with Crippen LogP contribution in [0.2, 0.25) is 0 Å². The van der Waals surface area contributed by atoms with Gasteiger partial charge < -0.3 is 0 Å². The Balaban J connectivity index is 1.91. The molecule has 0 unspecified atom stereocenters. The number of nitrogens with zero attached hydrogens (tertiary/aromatic N) is 1. The van der Waals surface area contributed by atoms with Crippen LogP contribution in [-0.2, 0) is 19.4 Å². The molecule has 0 aliphatic heterocycles. The van der Waals surface area contributed by atoms with Gasteiger partial charge in [0.25, 0.3) is 5.82 Å². The molecule has 2 nitrogen and oxygen atoms in total. The van der Waals surface area contributed by atoms with Crippen LogP contribution in [-0.4, -0.2) is 4.98 Å². The average Bonchev–Trinajstić information content (AvgIpc) is 2.84. The molecular weight excluding hydrogens is 232 g/mol. The fourth-order valence-electron chi connectivity index (χ4n) is 2.60. The van der Waals surface area contributed by atoms with Crippen molar-refractivity contribution >= 4 is 11.0 Å². The molecule has 0 atom stereocenters. The molecule has 0 spiro atoms. The van der Waals surface area contributed by atoms with Crippen LogP contribution in [0.3, 0.4) is 0 Å². The summed E-state index contributed by atoms with van der Waals surface area (Å²) in [6, 6.07) is 19.2. The zero-order chi connectivity index (χ0) is 13.1. The van der Waals surface area contributed by atoms with E-state index in [0.717, 1.165) is 19.4 Å². The van der Waals surface area contributed by atoms with Gasteiger partial charge in [0.1, 0.15) is 0 Å². The third-order valence-corrected chi connectivity index (χ3v) is 3.60. The molecule has 96 valence electrons. The molecule has 2 heteroatoms. The van der Waals surface area contributed by atoms with Crippen molar-refractivity contribution in [2.24, 2.45) is 0 Å². The van der Waals surface area contributed by atoms with Crippen molar-refractivity contribution in [2.45, 2.75) is 26.3 Å². The van der Waals surface area contributed by atoms with Crippen LogP contribution in [0, 0.1) is 0 Å². The van der Waals surface area contributed by atoms with E-state index < -0.39 is 0 Å². The number of para-hydroxylation sites is 2. The van der Waals surface area contributed by atoms with Gasteiger partial charge in [-0.05, 0) is 17.7 Å². The zero-order valence-corrected chi connectivity index (χ0v) is 11.3. The summed E-state index contributed by atoms with van der Waals surface area (Å²) in [5.41, 5.74) is 3.92. The maximum atomic E-state index is 3.51. The predicted octanol–water partition coefficient (Wildman–Crippen LogP) is 3.26. The molecule has 2 aromatic carbocycles. The minimum atomic E-state index is 1.02. The Morgan fingerprint density at radius 3 is 2.47 bits per heavy atom. The van der Waals surface area contributed by atoms with Crippen LogP contribution in [0.4, 0.5) is 0 Å².